The van der Waals surface area contributed by atoms with Crippen molar-refractivity contribution in [2.24, 2.45) is 11.8 Å². The van der Waals surface area contributed by atoms with Crippen molar-refractivity contribution in [2.45, 2.75) is 69.9 Å². The van der Waals surface area contributed by atoms with Crippen molar-refractivity contribution in [3.63, 3.8) is 0 Å². The van der Waals surface area contributed by atoms with E-state index in [4.69, 9.17) is 18.9 Å². The van der Waals surface area contributed by atoms with Crippen LogP contribution in [0.25, 0.3) is 0 Å². The number of methoxy groups -OCH3 is 3. The number of amides is 1. The van der Waals surface area contributed by atoms with Gasteiger partial charge in [-0.3, -0.25) is 4.79 Å². The van der Waals surface area contributed by atoms with Gasteiger partial charge in [0, 0.05) is 37.2 Å². The first kappa shape index (κ1) is 27.9. The van der Waals surface area contributed by atoms with Crippen LogP contribution in [0.2, 0.25) is 0 Å². The number of fused-ring (bicyclic) bond motifs is 1. The first-order valence-electron chi connectivity index (χ1n) is 13.4. The summed E-state index contributed by atoms with van der Waals surface area (Å²) < 4.78 is 22.2. The topological polar surface area (TPSA) is 105 Å². The van der Waals surface area contributed by atoms with Gasteiger partial charge in [-0.05, 0) is 42.9 Å². The van der Waals surface area contributed by atoms with Gasteiger partial charge in [0.25, 0.3) is 0 Å². The fourth-order valence-corrected chi connectivity index (χ4v) is 5.60. The Bertz CT molecular complexity index is 1080. The first-order valence-corrected chi connectivity index (χ1v) is 13.4. The molecule has 1 saturated heterocycles. The molecule has 2 N–H and O–H groups in total. The van der Waals surface area contributed by atoms with Gasteiger partial charge in [-0.15, -0.1) is 0 Å². The number of carbonyl (C=O) groups is 2. The molecule has 0 radical (unpaired) electrons. The molecule has 2 aliphatic rings. The summed E-state index contributed by atoms with van der Waals surface area (Å²) >= 11 is 0. The summed E-state index contributed by atoms with van der Waals surface area (Å²) in [6, 6.07) is 15.3. The molecule has 8 heteroatoms. The average molecular weight is 525 g/mol. The molecule has 2 fully saturated rings. The Balaban J connectivity index is 1.44. The molecular weight excluding hydrogens is 484 g/mol. The maximum atomic E-state index is 13.5. The smallest absolute Gasteiger partial charge is 0.329 e. The fourth-order valence-electron chi connectivity index (χ4n) is 5.60. The molecule has 4 rings (SSSR count). The molecular formula is C30H40N2O6. The molecule has 6 atom stereocenters. The largest absolute Gasteiger partial charge is 0.497 e. The Morgan fingerprint density at radius 1 is 1.03 bits per heavy atom. The zero-order valence-electron chi connectivity index (χ0n) is 22.8. The van der Waals surface area contributed by atoms with E-state index in [1.807, 2.05) is 37.3 Å². The molecule has 1 aliphatic carbocycles. The quantitative estimate of drug-likeness (QED) is 0.323. The van der Waals surface area contributed by atoms with Crippen LogP contribution in [0.5, 0.6) is 11.5 Å². The van der Waals surface area contributed by atoms with Crippen LogP contribution < -0.4 is 20.1 Å². The average Bonchev–Trinajstić information content (AvgIpc) is 3.71. The van der Waals surface area contributed by atoms with Gasteiger partial charge in [0.2, 0.25) is 5.91 Å². The lowest BCUT2D eigenvalue weighted by Gasteiger charge is -2.30. The van der Waals surface area contributed by atoms with E-state index in [-0.39, 0.29) is 18.6 Å². The second-order valence-corrected chi connectivity index (χ2v) is 10.3. The number of nitrogens with one attached hydrogen (secondary N) is 2. The Morgan fingerprint density at radius 2 is 1.82 bits per heavy atom. The molecule has 2 aromatic rings. The Morgan fingerprint density at radius 3 is 2.53 bits per heavy atom. The minimum atomic E-state index is -0.835. The summed E-state index contributed by atoms with van der Waals surface area (Å²) in [6.45, 7) is 1.90. The van der Waals surface area contributed by atoms with Gasteiger partial charge in [-0.2, -0.15) is 0 Å². The number of hydrogen-bond donors (Lipinski definition) is 2. The molecule has 1 saturated carbocycles. The van der Waals surface area contributed by atoms with Crippen LogP contribution in [0.4, 0.5) is 0 Å². The van der Waals surface area contributed by atoms with Crippen LogP contribution in [-0.4, -0.2) is 57.4 Å². The Labute approximate surface area is 225 Å². The van der Waals surface area contributed by atoms with Crippen LogP contribution in [0.1, 0.15) is 43.7 Å². The molecule has 1 aliphatic heterocycles. The highest BCUT2D eigenvalue weighted by Gasteiger charge is 2.43. The maximum Gasteiger partial charge on any atom is 0.329 e. The van der Waals surface area contributed by atoms with Crippen molar-refractivity contribution in [3.8, 4) is 11.5 Å². The third kappa shape index (κ3) is 7.05. The molecule has 0 spiro atoms. The van der Waals surface area contributed by atoms with Crippen molar-refractivity contribution in [2.75, 3.05) is 21.3 Å². The molecule has 0 bridgehead atoms. The lowest BCUT2D eigenvalue weighted by atomic mass is 9.85. The van der Waals surface area contributed by atoms with Gasteiger partial charge in [0.1, 0.15) is 24.1 Å². The van der Waals surface area contributed by atoms with E-state index in [1.165, 1.54) is 6.42 Å². The van der Waals surface area contributed by atoms with Crippen LogP contribution >= 0.6 is 0 Å². The third-order valence-electron chi connectivity index (χ3n) is 7.84. The zero-order chi connectivity index (χ0) is 27.1. The number of rotatable bonds is 12. The van der Waals surface area contributed by atoms with Crippen LogP contribution in [0.3, 0.4) is 0 Å². The predicted octanol–water partition coefficient (Wildman–Crippen LogP) is 3.66. The van der Waals surface area contributed by atoms with Gasteiger partial charge in [-0.1, -0.05) is 43.7 Å². The van der Waals surface area contributed by atoms with Gasteiger partial charge in [0.15, 0.2) is 0 Å². The van der Waals surface area contributed by atoms with E-state index >= 15 is 0 Å². The summed E-state index contributed by atoms with van der Waals surface area (Å²) in [5.74, 6) is 0.394. The molecule has 0 aromatic heterocycles. The van der Waals surface area contributed by atoms with Crippen molar-refractivity contribution in [1.29, 1.82) is 0 Å². The summed E-state index contributed by atoms with van der Waals surface area (Å²) in [5, 5.41) is 6.51. The maximum absolute atomic E-state index is 13.5. The lowest BCUT2D eigenvalue weighted by molar-refractivity contribution is -0.150. The molecule has 8 nitrogen and oxygen atoms in total. The number of ether oxygens (including phenoxy) is 4. The molecule has 1 amide bonds. The summed E-state index contributed by atoms with van der Waals surface area (Å²) in [4.78, 5) is 26.8. The molecule has 206 valence electrons. The van der Waals surface area contributed by atoms with Crippen molar-refractivity contribution < 1.29 is 28.5 Å². The summed E-state index contributed by atoms with van der Waals surface area (Å²) in [5.41, 5.74) is 1.64. The molecule has 38 heavy (non-hydrogen) atoms. The third-order valence-corrected chi connectivity index (χ3v) is 7.84. The molecule has 2 aromatic carbocycles. The molecule has 1 heterocycles. The minimum Gasteiger partial charge on any atom is -0.497 e. The minimum absolute atomic E-state index is 0.0149. The highest BCUT2D eigenvalue weighted by Crippen LogP contribution is 2.36. The molecule has 2 unspecified atom stereocenters. The lowest BCUT2D eigenvalue weighted by Crippen LogP contribution is -2.48. The van der Waals surface area contributed by atoms with E-state index in [1.54, 1.807) is 39.5 Å². The highest BCUT2D eigenvalue weighted by atomic mass is 16.5. The fraction of sp³-hybridized carbons (Fsp3) is 0.533. The Kier molecular flexibility index (Phi) is 9.63. The normalized spacial score (nSPS) is 22.7. The number of esters is 1. The number of benzene rings is 2. The predicted molar refractivity (Wildman–Crippen MR) is 144 cm³/mol. The monoisotopic (exact) mass is 524 g/mol. The van der Waals surface area contributed by atoms with Crippen molar-refractivity contribution >= 4 is 11.9 Å². The van der Waals surface area contributed by atoms with Crippen LogP contribution in [0, 0.1) is 11.8 Å². The summed E-state index contributed by atoms with van der Waals surface area (Å²) in [6.07, 6.45) is 4.48. The second kappa shape index (κ2) is 13.1. The van der Waals surface area contributed by atoms with E-state index in [0.717, 1.165) is 24.8 Å². The van der Waals surface area contributed by atoms with Gasteiger partial charge in [-0.25, -0.2) is 4.79 Å². The van der Waals surface area contributed by atoms with Crippen molar-refractivity contribution in [3.05, 3.63) is 59.7 Å². The second-order valence-electron chi connectivity index (χ2n) is 10.3. The standard InChI is InChI=1S/C30H40N2O6/c1-19(28(37-4)21-11-8-12-24-25(16-21)31-24)29(33)32-26(15-20-9-6-5-7-10-20)30(34)38-18-22-13-14-23(35-2)17-27(22)36-3/h5-7,9-10,13-14,17,19,21,24-26,28,31H,8,11-12,15-16,18H2,1-4H3,(H,32,33)/t19-,21-,24?,25?,26+,28-/m1/s1. The van der Waals surface area contributed by atoms with Crippen LogP contribution in [0.15, 0.2) is 48.5 Å². The number of carbonyl (C=O) groups excluding carboxylic acids is 2. The Hall–Kier alpha value is -3.10. The van der Waals surface area contributed by atoms with E-state index in [2.05, 4.69) is 10.6 Å². The van der Waals surface area contributed by atoms with Gasteiger partial charge >= 0.3 is 5.97 Å². The van der Waals surface area contributed by atoms with E-state index in [9.17, 15) is 9.59 Å². The van der Waals surface area contributed by atoms with Crippen molar-refractivity contribution in [1.82, 2.24) is 10.6 Å². The number of hydrogen-bond acceptors (Lipinski definition) is 7. The van der Waals surface area contributed by atoms with Gasteiger partial charge in [0.05, 0.1) is 26.2 Å². The van der Waals surface area contributed by atoms with Crippen LogP contribution in [-0.2, 0) is 32.1 Å². The highest BCUT2D eigenvalue weighted by molar-refractivity contribution is 5.86. The summed E-state index contributed by atoms with van der Waals surface area (Å²) in [7, 11) is 4.81. The van der Waals surface area contributed by atoms with E-state index < -0.39 is 17.9 Å². The van der Waals surface area contributed by atoms with Gasteiger partial charge < -0.3 is 29.6 Å². The first-order chi connectivity index (χ1) is 18.4. The zero-order valence-corrected chi connectivity index (χ0v) is 22.8. The van der Waals surface area contributed by atoms with E-state index in [0.29, 0.717) is 41.5 Å². The SMILES string of the molecule is COc1ccc(COC(=O)[C@H](Cc2ccccc2)NC(=O)[C@H](C)[C@@H](OC)[C@@H]2CCCC3NC3C2)c(OC)c1.